The first-order chi connectivity index (χ1) is 13.5. The fraction of sp³-hybridized carbons (Fsp3) is 0.444. The number of primary amides is 1. The van der Waals surface area contributed by atoms with Crippen molar-refractivity contribution in [1.29, 1.82) is 5.41 Å². The number of halogens is 2. The van der Waals surface area contributed by atoms with Crippen LogP contribution in [0.4, 0.5) is 10.1 Å². The molecule has 1 saturated carbocycles. The van der Waals surface area contributed by atoms with E-state index in [4.69, 9.17) is 22.7 Å². The number of rotatable bonds is 10. The lowest BCUT2D eigenvalue weighted by Crippen LogP contribution is -2.68. The Morgan fingerprint density at radius 1 is 1.45 bits per heavy atom. The first-order valence-electron chi connectivity index (χ1n) is 8.87. The van der Waals surface area contributed by atoms with E-state index in [-0.39, 0.29) is 28.9 Å². The fourth-order valence-electron chi connectivity index (χ4n) is 2.92. The van der Waals surface area contributed by atoms with E-state index in [9.17, 15) is 19.1 Å². The summed E-state index contributed by atoms with van der Waals surface area (Å²) in [6.07, 6.45) is 2.16. The second kappa shape index (κ2) is 8.85. The zero-order valence-electron chi connectivity index (χ0n) is 16.1. The Labute approximate surface area is 172 Å². The number of carbonyl (C=O) groups is 2. The number of nitrogens with one attached hydrogen (secondary N) is 4. The summed E-state index contributed by atoms with van der Waals surface area (Å²) in [5.41, 5.74) is 5.28. The Kier molecular flexibility index (Phi) is 6.93. The molecule has 1 aromatic carbocycles. The van der Waals surface area contributed by atoms with Gasteiger partial charge in [0, 0.05) is 6.54 Å². The van der Waals surface area contributed by atoms with Crippen LogP contribution in [0.5, 0.6) is 0 Å². The van der Waals surface area contributed by atoms with Gasteiger partial charge in [-0.1, -0.05) is 11.6 Å². The Morgan fingerprint density at radius 3 is 2.59 bits per heavy atom. The van der Waals surface area contributed by atoms with E-state index in [0.29, 0.717) is 6.21 Å². The van der Waals surface area contributed by atoms with Gasteiger partial charge < -0.3 is 21.6 Å². The number of hydrogen-bond acceptors (Lipinski definition) is 7. The average molecular weight is 427 g/mol. The van der Waals surface area contributed by atoms with Crippen LogP contribution < -0.4 is 21.8 Å². The largest absolute Gasteiger partial charge is 0.376 e. The van der Waals surface area contributed by atoms with Crippen molar-refractivity contribution >= 4 is 41.0 Å². The van der Waals surface area contributed by atoms with Crippen LogP contribution in [-0.2, 0) is 9.59 Å². The maximum atomic E-state index is 13.1. The number of amides is 2. The molecule has 0 radical (unpaired) electrons. The van der Waals surface area contributed by atoms with Gasteiger partial charge in [-0.3, -0.25) is 20.3 Å². The first-order valence-corrected chi connectivity index (χ1v) is 9.25. The molecule has 0 saturated heterocycles. The van der Waals surface area contributed by atoms with E-state index >= 15 is 0 Å². The number of carbonyl (C=O) groups excluding carboxylic acids is 2. The molecule has 1 atom stereocenters. The van der Waals surface area contributed by atoms with Crippen molar-refractivity contribution in [2.45, 2.75) is 38.0 Å². The summed E-state index contributed by atoms with van der Waals surface area (Å²) in [5, 5.41) is 26.7. The molecule has 0 aliphatic heterocycles. The number of aliphatic hydroxyl groups is 1. The van der Waals surface area contributed by atoms with E-state index in [1.807, 2.05) is 0 Å². The standard InChI is InChI=1S/C18H24ClFN6O3/c1-17(2,29)26-18(16(22)28,10-3-4-10)9-23-15(27)14(8-21)25-24-13-6-5-11(20)7-12(13)19/h5-8,10,21,24,26,29H,3-4,9H2,1-2H3,(H2,22,28)(H,23,27)/b21-8?,25-14+. The summed E-state index contributed by atoms with van der Waals surface area (Å²) >= 11 is 5.88. The van der Waals surface area contributed by atoms with E-state index in [1.54, 1.807) is 0 Å². The molecule has 0 bridgehead atoms. The van der Waals surface area contributed by atoms with Gasteiger partial charge in [-0.15, -0.1) is 0 Å². The molecular weight excluding hydrogens is 403 g/mol. The normalized spacial score (nSPS) is 16.7. The molecule has 158 valence electrons. The third kappa shape index (κ3) is 5.96. The predicted molar refractivity (Wildman–Crippen MR) is 108 cm³/mol. The summed E-state index contributed by atoms with van der Waals surface area (Å²) in [6, 6.07) is 3.56. The topological polar surface area (TPSA) is 153 Å². The molecule has 1 aliphatic rings. The molecule has 1 fully saturated rings. The SMILES string of the molecule is CC(C)(O)NC(CNC(=O)/C(C=N)=N/Nc1ccc(F)cc1Cl)(C(N)=O)C1CC1. The van der Waals surface area contributed by atoms with Gasteiger partial charge in [0.15, 0.2) is 5.71 Å². The minimum Gasteiger partial charge on any atom is -0.376 e. The molecule has 2 rings (SSSR count). The molecule has 0 aromatic heterocycles. The zero-order chi connectivity index (χ0) is 21.8. The lowest BCUT2D eigenvalue weighted by Gasteiger charge is -2.37. The van der Waals surface area contributed by atoms with Crippen LogP contribution in [0.1, 0.15) is 26.7 Å². The zero-order valence-corrected chi connectivity index (χ0v) is 16.8. The van der Waals surface area contributed by atoms with Crippen molar-refractivity contribution in [1.82, 2.24) is 10.6 Å². The van der Waals surface area contributed by atoms with Gasteiger partial charge in [0.2, 0.25) is 5.91 Å². The van der Waals surface area contributed by atoms with Crippen molar-refractivity contribution in [3.8, 4) is 0 Å². The second-order valence-corrected chi connectivity index (χ2v) is 7.76. The van der Waals surface area contributed by atoms with Crippen molar-refractivity contribution in [2.75, 3.05) is 12.0 Å². The van der Waals surface area contributed by atoms with Crippen LogP contribution in [0.15, 0.2) is 23.3 Å². The average Bonchev–Trinajstić information content (AvgIpc) is 3.45. The summed E-state index contributed by atoms with van der Waals surface area (Å²) in [6.45, 7) is 2.74. The van der Waals surface area contributed by atoms with Crippen LogP contribution in [-0.4, -0.2) is 46.7 Å². The predicted octanol–water partition coefficient (Wildman–Crippen LogP) is 0.965. The maximum Gasteiger partial charge on any atom is 0.273 e. The van der Waals surface area contributed by atoms with Crippen LogP contribution >= 0.6 is 11.6 Å². The number of anilines is 1. The molecule has 1 aliphatic carbocycles. The van der Waals surface area contributed by atoms with Crippen molar-refractivity contribution in [3.05, 3.63) is 29.0 Å². The molecule has 2 amide bonds. The molecular formula is C18H24ClFN6O3. The highest BCUT2D eigenvalue weighted by Gasteiger charge is 2.52. The molecule has 9 nitrogen and oxygen atoms in total. The monoisotopic (exact) mass is 426 g/mol. The summed E-state index contributed by atoms with van der Waals surface area (Å²) in [7, 11) is 0. The number of hydrogen-bond donors (Lipinski definition) is 6. The minimum absolute atomic E-state index is 0.0503. The van der Waals surface area contributed by atoms with Gasteiger partial charge in [0.25, 0.3) is 5.91 Å². The van der Waals surface area contributed by atoms with Crippen molar-refractivity contribution in [3.63, 3.8) is 0 Å². The van der Waals surface area contributed by atoms with E-state index in [0.717, 1.165) is 25.0 Å². The third-order valence-corrected chi connectivity index (χ3v) is 4.68. The summed E-state index contributed by atoms with van der Waals surface area (Å²) < 4.78 is 13.1. The fourth-order valence-corrected chi connectivity index (χ4v) is 3.13. The van der Waals surface area contributed by atoms with Crippen LogP contribution in [0.2, 0.25) is 5.02 Å². The summed E-state index contributed by atoms with van der Waals surface area (Å²) in [4.78, 5) is 24.6. The maximum absolute atomic E-state index is 13.1. The molecule has 11 heteroatoms. The molecule has 0 spiro atoms. The van der Waals surface area contributed by atoms with Gasteiger partial charge >= 0.3 is 0 Å². The third-order valence-electron chi connectivity index (χ3n) is 4.37. The highest BCUT2D eigenvalue weighted by molar-refractivity contribution is 6.60. The van der Waals surface area contributed by atoms with E-state index < -0.39 is 28.9 Å². The van der Waals surface area contributed by atoms with E-state index in [2.05, 4.69) is 21.2 Å². The quantitative estimate of drug-likeness (QED) is 0.187. The van der Waals surface area contributed by atoms with Crippen LogP contribution in [0, 0.1) is 17.1 Å². The molecule has 1 aromatic rings. The van der Waals surface area contributed by atoms with Gasteiger partial charge in [0.05, 0.1) is 16.9 Å². The highest BCUT2D eigenvalue weighted by Crippen LogP contribution is 2.40. The van der Waals surface area contributed by atoms with Gasteiger partial charge in [0.1, 0.15) is 17.1 Å². The van der Waals surface area contributed by atoms with Crippen LogP contribution in [0.25, 0.3) is 0 Å². The Hall–Kier alpha value is -2.56. The van der Waals surface area contributed by atoms with E-state index in [1.165, 1.54) is 19.9 Å². The highest BCUT2D eigenvalue weighted by atomic mass is 35.5. The molecule has 29 heavy (non-hydrogen) atoms. The Morgan fingerprint density at radius 2 is 2.10 bits per heavy atom. The summed E-state index contributed by atoms with van der Waals surface area (Å²) in [5.74, 6) is -2.11. The Balaban J connectivity index is 2.12. The van der Waals surface area contributed by atoms with Crippen molar-refractivity contribution < 1.29 is 19.1 Å². The molecule has 0 heterocycles. The number of nitrogens with zero attached hydrogens (tertiary/aromatic N) is 1. The smallest absolute Gasteiger partial charge is 0.273 e. The Bertz CT molecular complexity index is 837. The first kappa shape index (κ1) is 22.7. The number of benzene rings is 1. The van der Waals surface area contributed by atoms with Gasteiger partial charge in [-0.2, -0.15) is 5.10 Å². The van der Waals surface area contributed by atoms with Gasteiger partial charge in [-0.05, 0) is 50.8 Å². The number of hydrazone groups is 1. The second-order valence-electron chi connectivity index (χ2n) is 7.35. The lowest BCUT2D eigenvalue weighted by atomic mass is 9.90. The molecule has 1 unspecified atom stereocenters. The van der Waals surface area contributed by atoms with Gasteiger partial charge in [-0.25, -0.2) is 4.39 Å². The van der Waals surface area contributed by atoms with Crippen LogP contribution in [0.3, 0.4) is 0 Å². The molecule has 7 N–H and O–H groups in total. The minimum atomic E-state index is -1.40. The van der Waals surface area contributed by atoms with Crippen molar-refractivity contribution in [2.24, 2.45) is 16.8 Å². The lowest BCUT2D eigenvalue weighted by molar-refractivity contribution is -0.129. The number of nitrogens with two attached hydrogens (primary N) is 1.